The van der Waals surface area contributed by atoms with Gasteiger partial charge in [0.1, 0.15) is 0 Å². The first kappa shape index (κ1) is 11.7. The molecule has 0 saturated carbocycles. The monoisotopic (exact) mass is 255 g/mol. The molecule has 92 valence electrons. The number of hydrogen-bond acceptors (Lipinski definition) is 2. The topological polar surface area (TPSA) is 26.0 Å². The number of fused-ring (bicyclic) bond motifs is 1. The minimum Gasteiger partial charge on any atom is -0.398 e. The summed E-state index contributed by atoms with van der Waals surface area (Å²) >= 11 is 1.76. The first-order valence-electron chi connectivity index (χ1n) is 6.47. The minimum atomic E-state index is 0.861. The molecule has 3 rings (SSSR count). The van der Waals surface area contributed by atoms with Crippen LogP contribution in [0.2, 0.25) is 0 Å². The van der Waals surface area contributed by atoms with Crippen molar-refractivity contribution < 1.29 is 0 Å². The van der Waals surface area contributed by atoms with Gasteiger partial charge >= 0.3 is 0 Å². The molecule has 0 heterocycles. The summed E-state index contributed by atoms with van der Waals surface area (Å²) in [5.74, 6) is 0. The second-order valence-corrected chi connectivity index (χ2v) is 5.89. The summed E-state index contributed by atoms with van der Waals surface area (Å²) in [5.41, 5.74) is 9.91. The van der Waals surface area contributed by atoms with Gasteiger partial charge in [-0.05, 0) is 61.1 Å². The Balaban J connectivity index is 1.87. The maximum atomic E-state index is 5.99. The second kappa shape index (κ2) is 5.07. The van der Waals surface area contributed by atoms with Crippen molar-refractivity contribution in [3.05, 3.63) is 53.6 Å². The molecule has 2 aromatic rings. The lowest BCUT2D eigenvalue weighted by Gasteiger charge is -2.16. The van der Waals surface area contributed by atoms with Crippen LogP contribution in [0.1, 0.15) is 24.0 Å². The number of nitrogens with two attached hydrogens (primary N) is 1. The maximum Gasteiger partial charge on any atom is 0.0455 e. The van der Waals surface area contributed by atoms with Crippen LogP contribution >= 0.6 is 11.8 Å². The van der Waals surface area contributed by atoms with E-state index in [9.17, 15) is 0 Å². The average molecular weight is 255 g/mol. The number of nitrogen functional groups attached to an aromatic ring is 1. The Morgan fingerprint density at radius 2 is 1.67 bits per heavy atom. The summed E-state index contributed by atoms with van der Waals surface area (Å²) in [6, 6.07) is 14.9. The first-order valence-corrected chi connectivity index (χ1v) is 7.29. The van der Waals surface area contributed by atoms with Crippen LogP contribution in [0.4, 0.5) is 5.69 Å². The molecule has 0 spiro atoms. The molecule has 0 fully saturated rings. The third-order valence-corrected chi connectivity index (χ3v) is 4.55. The molecule has 2 heteroatoms. The zero-order valence-electron chi connectivity index (χ0n) is 10.4. The summed E-state index contributed by atoms with van der Waals surface area (Å²) in [7, 11) is 0. The molecular formula is C16H17NS. The summed E-state index contributed by atoms with van der Waals surface area (Å²) in [6.07, 6.45) is 5.14. The van der Waals surface area contributed by atoms with Gasteiger partial charge in [0, 0.05) is 15.5 Å². The average Bonchev–Trinajstić information content (AvgIpc) is 2.41. The van der Waals surface area contributed by atoms with Crippen LogP contribution in [0.25, 0.3) is 0 Å². The molecule has 0 unspecified atom stereocenters. The molecule has 0 atom stereocenters. The van der Waals surface area contributed by atoms with Crippen molar-refractivity contribution in [2.24, 2.45) is 0 Å². The second-order valence-electron chi connectivity index (χ2n) is 4.78. The van der Waals surface area contributed by atoms with Gasteiger partial charge in [-0.3, -0.25) is 0 Å². The van der Waals surface area contributed by atoms with Crippen LogP contribution in [0.3, 0.4) is 0 Å². The predicted molar refractivity (Wildman–Crippen MR) is 78.1 cm³/mol. The quantitative estimate of drug-likeness (QED) is 0.810. The van der Waals surface area contributed by atoms with E-state index in [0.29, 0.717) is 0 Å². The summed E-state index contributed by atoms with van der Waals surface area (Å²) in [5, 5.41) is 0. The zero-order valence-corrected chi connectivity index (χ0v) is 11.2. The van der Waals surface area contributed by atoms with Gasteiger partial charge in [0.15, 0.2) is 0 Å². The lowest BCUT2D eigenvalue weighted by molar-refractivity contribution is 0.683. The number of para-hydroxylation sites is 1. The van der Waals surface area contributed by atoms with Crippen molar-refractivity contribution in [1.29, 1.82) is 0 Å². The van der Waals surface area contributed by atoms with E-state index in [2.05, 4.69) is 24.3 Å². The molecule has 18 heavy (non-hydrogen) atoms. The highest BCUT2D eigenvalue weighted by Crippen LogP contribution is 2.34. The van der Waals surface area contributed by atoms with Crippen molar-refractivity contribution in [1.82, 2.24) is 0 Å². The lowest BCUT2D eigenvalue weighted by Crippen LogP contribution is -2.02. The zero-order chi connectivity index (χ0) is 12.4. The number of anilines is 1. The van der Waals surface area contributed by atoms with E-state index in [-0.39, 0.29) is 0 Å². The Morgan fingerprint density at radius 3 is 2.50 bits per heavy atom. The van der Waals surface area contributed by atoms with Crippen molar-refractivity contribution in [3.63, 3.8) is 0 Å². The van der Waals surface area contributed by atoms with Gasteiger partial charge in [-0.15, -0.1) is 0 Å². The van der Waals surface area contributed by atoms with Crippen LogP contribution < -0.4 is 5.73 Å². The molecule has 0 aliphatic heterocycles. The van der Waals surface area contributed by atoms with Crippen molar-refractivity contribution in [3.8, 4) is 0 Å². The standard InChI is InChI=1S/C16H17NS/c17-15-7-3-4-8-16(15)18-14-10-9-12-5-1-2-6-13(12)11-14/h3-4,7-11H,1-2,5-6,17H2. The Hall–Kier alpha value is -1.41. The van der Waals surface area contributed by atoms with Crippen LogP contribution in [-0.2, 0) is 12.8 Å². The molecule has 0 amide bonds. The van der Waals surface area contributed by atoms with Crippen LogP contribution in [0.15, 0.2) is 52.3 Å². The fourth-order valence-corrected chi connectivity index (χ4v) is 3.40. The Morgan fingerprint density at radius 1 is 0.889 bits per heavy atom. The molecule has 0 radical (unpaired) electrons. The maximum absolute atomic E-state index is 5.99. The minimum absolute atomic E-state index is 0.861. The van der Waals surface area contributed by atoms with Crippen LogP contribution in [-0.4, -0.2) is 0 Å². The number of rotatable bonds is 2. The van der Waals surface area contributed by atoms with Gasteiger partial charge in [0.2, 0.25) is 0 Å². The van der Waals surface area contributed by atoms with E-state index >= 15 is 0 Å². The first-order chi connectivity index (χ1) is 8.83. The summed E-state index contributed by atoms with van der Waals surface area (Å²) in [4.78, 5) is 2.45. The Kier molecular flexibility index (Phi) is 3.28. The highest BCUT2D eigenvalue weighted by molar-refractivity contribution is 7.99. The molecule has 1 aliphatic rings. The van der Waals surface area contributed by atoms with Gasteiger partial charge in [0.25, 0.3) is 0 Å². The lowest BCUT2D eigenvalue weighted by atomic mass is 9.92. The summed E-state index contributed by atoms with van der Waals surface area (Å²) < 4.78 is 0. The SMILES string of the molecule is Nc1ccccc1Sc1ccc2c(c1)CCCC2. The van der Waals surface area contributed by atoms with Crippen LogP contribution in [0, 0.1) is 0 Å². The van der Waals surface area contributed by atoms with E-state index in [1.54, 1.807) is 11.8 Å². The van der Waals surface area contributed by atoms with Crippen molar-refractivity contribution in [2.75, 3.05) is 5.73 Å². The van der Waals surface area contributed by atoms with E-state index in [1.165, 1.54) is 41.7 Å². The highest BCUT2D eigenvalue weighted by Gasteiger charge is 2.10. The molecule has 2 N–H and O–H groups in total. The van der Waals surface area contributed by atoms with Crippen LogP contribution in [0.5, 0.6) is 0 Å². The number of aryl methyl sites for hydroxylation is 2. The molecule has 1 nitrogen and oxygen atoms in total. The molecule has 2 aromatic carbocycles. The third-order valence-electron chi connectivity index (χ3n) is 3.47. The van der Waals surface area contributed by atoms with Gasteiger partial charge in [-0.25, -0.2) is 0 Å². The van der Waals surface area contributed by atoms with E-state index in [4.69, 9.17) is 5.73 Å². The van der Waals surface area contributed by atoms with Gasteiger partial charge in [-0.1, -0.05) is 30.0 Å². The van der Waals surface area contributed by atoms with Crippen molar-refractivity contribution >= 4 is 17.4 Å². The van der Waals surface area contributed by atoms with E-state index < -0.39 is 0 Å². The molecule has 0 saturated heterocycles. The summed E-state index contributed by atoms with van der Waals surface area (Å²) in [6.45, 7) is 0. The predicted octanol–water partition coefficient (Wildman–Crippen LogP) is 4.30. The number of hydrogen-bond donors (Lipinski definition) is 1. The number of benzene rings is 2. The fraction of sp³-hybridized carbons (Fsp3) is 0.250. The molecule has 0 bridgehead atoms. The van der Waals surface area contributed by atoms with E-state index in [1.807, 2.05) is 18.2 Å². The van der Waals surface area contributed by atoms with Crippen molar-refractivity contribution in [2.45, 2.75) is 35.5 Å². The molecule has 1 aliphatic carbocycles. The smallest absolute Gasteiger partial charge is 0.0455 e. The molecule has 0 aromatic heterocycles. The van der Waals surface area contributed by atoms with Gasteiger partial charge < -0.3 is 5.73 Å². The fourth-order valence-electron chi connectivity index (χ4n) is 2.47. The van der Waals surface area contributed by atoms with E-state index in [0.717, 1.165) is 10.6 Å². The van der Waals surface area contributed by atoms with Gasteiger partial charge in [0.05, 0.1) is 0 Å². The highest BCUT2D eigenvalue weighted by atomic mass is 32.2. The third kappa shape index (κ3) is 2.39. The normalized spacial score (nSPS) is 14.2. The Labute approximate surface area is 112 Å². The molecular weight excluding hydrogens is 238 g/mol. The van der Waals surface area contributed by atoms with Gasteiger partial charge in [-0.2, -0.15) is 0 Å². The Bertz CT molecular complexity index is 563. The largest absolute Gasteiger partial charge is 0.398 e.